The van der Waals surface area contributed by atoms with Crippen LogP contribution in [0.3, 0.4) is 0 Å². The average Bonchev–Trinajstić information content (AvgIpc) is 3.10. The van der Waals surface area contributed by atoms with Gasteiger partial charge in [-0.2, -0.15) is 0 Å². The van der Waals surface area contributed by atoms with Crippen LogP contribution in [0.5, 0.6) is 0 Å². The molecule has 0 unspecified atom stereocenters. The van der Waals surface area contributed by atoms with E-state index in [1.807, 2.05) is 0 Å². The zero-order chi connectivity index (χ0) is 21.2. The maximum atomic E-state index is 2.43. The Morgan fingerprint density at radius 2 is 1.09 bits per heavy atom. The standard InChI is InChI=1S/C29H29.3ClH.Ti/c1-28(2,3)29(25-17-9-5-10-18-25,26-19-11-6-12-20-26)27-21-13-16-24(27)22-23-14-7-4-8-15-23;;;;/h4-15,17-20H,21-22H2,1-3H3;3*1H;/q;;;;+3/p-3. The predicted octanol–water partition coefficient (Wildman–Crippen LogP) is -1.60. The van der Waals surface area contributed by atoms with Gasteiger partial charge in [-0.05, 0) is 0 Å². The van der Waals surface area contributed by atoms with Crippen molar-refractivity contribution in [1.82, 2.24) is 0 Å². The summed E-state index contributed by atoms with van der Waals surface area (Å²) >= 11 is 2.29. The third-order valence-electron chi connectivity index (χ3n) is 6.41. The van der Waals surface area contributed by atoms with Crippen LogP contribution in [-0.4, -0.2) is 0 Å². The molecule has 4 rings (SSSR count). The zero-order valence-corrected chi connectivity index (χ0v) is 23.1. The number of hydrogen-bond donors (Lipinski definition) is 0. The van der Waals surface area contributed by atoms with Gasteiger partial charge in [0, 0.05) is 0 Å². The van der Waals surface area contributed by atoms with E-state index in [0.29, 0.717) is 0 Å². The third kappa shape index (κ3) is 5.69. The third-order valence-corrected chi connectivity index (χ3v) is 7.20. The van der Waals surface area contributed by atoms with Gasteiger partial charge < -0.3 is 37.2 Å². The molecule has 0 saturated heterocycles. The van der Waals surface area contributed by atoms with Crippen molar-refractivity contribution in [3.63, 3.8) is 0 Å². The normalized spacial score (nSPS) is 13.4. The number of benzene rings is 3. The monoisotopic (exact) mass is 530 g/mol. The van der Waals surface area contributed by atoms with Gasteiger partial charge in [0.25, 0.3) is 0 Å². The molecule has 0 bridgehead atoms. The fraction of sp³-hybridized carbons (Fsp3) is 0.241. The smallest absolute Gasteiger partial charge is 1.00 e. The summed E-state index contributed by atoms with van der Waals surface area (Å²) in [4.78, 5) is 0. The van der Waals surface area contributed by atoms with Crippen molar-refractivity contribution in [2.75, 3.05) is 0 Å². The van der Waals surface area contributed by atoms with Crippen LogP contribution < -0.4 is 37.2 Å². The molecule has 0 saturated carbocycles. The van der Waals surface area contributed by atoms with Crippen LogP contribution in [0.2, 0.25) is 0 Å². The maximum Gasteiger partial charge on any atom is -1.00 e. The second-order valence-corrected chi connectivity index (χ2v) is 10.0. The molecule has 0 radical (unpaired) electrons. The van der Waals surface area contributed by atoms with Crippen molar-refractivity contribution in [2.24, 2.45) is 5.41 Å². The molecule has 3 aromatic carbocycles. The van der Waals surface area contributed by atoms with Crippen LogP contribution >= 0.6 is 0 Å². The van der Waals surface area contributed by atoms with Crippen LogP contribution in [0.15, 0.2) is 112 Å². The van der Waals surface area contributed by atoms with Gasteiger partial charge in [-0.25, -0.2) is 0 Å². The van der Waals surface area contributed by atoms with Gasteiger partial charge in [0.05, 0.1) is 0 Å². The van der Waals surface area contributed by atoms with E-state index in [1.54, 1.807) is 5.57 Å². The minimum atomic E-state index is -0.187. The van der Waals surface area contributed by atoms with Crippen LogP contribution in [0.25, 0.3) is 0 Å². The number of rotatable bonds is 5. The summed E-state index contributed by atoms with van der Waals surface area (Å²) in [6.45, 7) is 7.19. The first-order valence-corrected chi connectivity index (χ1v) is 11.5. The van der Waals surface area contributed by atoms with Crippen LogP contribution in [0, 0.1) is 5.41 Å². The van der Waals surface area contributed by atoms with Crippen molar-refractivity contribution < 1.29 is 57.7 Å². The molecule has 0 aromatic heterocycles. The summed E-state index contributed by atoms with van der Waals surface area (Å²) in [7, 11) is 0. The zero-order valence-electron chi connectivity index (χ0n) is 19.3. The Kier molecular flexibility index (Phi) is 11.2. The predicted molar refractivity (Wildman–Crippen MR) is 123 cm³/mol. The molecule has 1 aliphatic rings. The van der Waals surface area contributed by atoms with Gasteiger partial charge in [0.15, 0.2) is 0 Å². The minimum absolute atomic E-state index is 0. The molecule has 0 amide bonds. The molecular formula is C29H29Cl3Ti. The van der Waals surface area contributed by atoms with Gasteiger partial charge in [-0.15, -0.1) is 0 Å². The molecule has 170 valence electrons. The first-order valence-electron chi connectivity index (χ1n) is 10.7. The Balaban J connectivity index is 0.00000181. The molecule has 0 nitrogen and oxygen atoms in total. The van der Waals surface area contributed by atoms with Crippen LogP contribution in [0.4, 0.5) is 0 Å². The summed E-state index contributed by atoms with van der Waals surface area (Å²) in [5, 5.41) is 0. The minimum Gasteiger partial charge on any atom is -1.00 e. The second-order valence-electron chi connectivity index (χ2n) is 9.17. The van der Waals surface area contributed by atoms with Gasteiger partial charge in [-0.1, -0.05) is 0 Å². The summed E-state index contributed by atoms with van der Waals surface area (Å²) in [6, 6.07) is 33.2. The molecule has 33 heavy (non-hydrogen) atoms. The molecule has 1 aliphatic carbocycles. The summed E-state index contributed by atoms with van der Waals surface area (Å²) in [5.74, 6) is 0. The largest absolute Gasteiger partial charge is 1.00 e. The van der Waals surface area contributed by atoms with Crippen LogP contribution in [-0.2, 0) is 32.3 Å². The summed E-state index contributed by atoms with van der Waals surface area (Å²) in [5.41, 5.74) is 7.01. The molecule has 4 heteroatoms. The molecule has 0 spiro atoms. The molecule has 0 N–H and O–H groups in total. The molecule has 0 atom stereocenters. The first kappa shape index (κ1) is 29.8. The van der Waals surface area contributed by atoms with Gasteiger partial charge in [0.2, 0.25) is 0 Å². The summed E-state index contributed by atoms with van der Waals surface area (Å²) in [6.07, 6.45) is 4.42. The van der Waals surface area contributed by atoms with Gasteiger partial charge in [0.1, 0.15) is 0 Å². The summed E-state index contributed by atoms with van der Waals surface area (Å²) < 4.78 is 1.43. The average molecular weight is 532 g/mol. The molecule has 0 fully saturated rings. The van der Waals surface area contributed by atoms with E-state index < -0.39 is 0 Å². The van der Waals surface area contributed by atoms with E-state index in [2.05, 4.69) is 138 Å². The van der Waals surface area contributed by atoms with E-state index in [4.69, 9.17) is 0 Å². The van der Waals surface area contributed by atoms with E-state index in [-0.39, 0.29) is 48.1 Å². The van der Waals surface area contributed by atoms with Crippen molar-refractivity contribution in [1.29, 1.82) is 0 Å². The van der Waals surface area contributed by atoms with Crippen LogP contribution in [0.1, 0.15) is 43.9 Å². The van der Waals surface area contributed by atoms with E-state index in [9.17, 15) is 0 Å². The Labute approximate surface area is 229 Å². The van der Waals surface area contributed by atoms with Crippen molar-refractivity contribution in [3.8, 4) is 0 Å². The number of allylic oxidation sites excluding steroid dienone is 4. The van der Waals surface area contributed by atoms with Crippen molar-refractivity contribution in [2.45, 2.75) is 39.0 Å². The van der Waals surface area contributed by atoms with Gasteiger partial charge >= 0.3 is 194 Å². The Morgan fingerprint density at radius 1 is 0.667 bits per heavy atom. The fourth-order valence-corrected chi connectivity index (χ4v) is 5.74. The quantitative estimate of drug-likeness (QED) is 0.348. The fourth-order valence-electron chi connectivity index (χ4n) is 5.20. The Morgan fingerprint density at radius 3 is 1.52 bits per heavy atom. The SMILES string of the molecule is CC(C)(C)C(C1=C(Cc2ccccc2)[C]([Ti+3])=CC1)(c1ccccc1)c1ccccc1.[Cl-].[Cl-].[Cl-]. The maximum absolute atomic E-state index is 2.43. The number of hydrogen-bond acceptors (Lipinski definition) is 0. The van der Waals surface area contributed by atoms with Gasteiger partial charge in [-0.3, -0.25) is 0 Å². The van der Waals surface area contributed by atoms with E-state index in [1.165, 1.54) is 26.1 Å². The van der Waals surface area contributed by atoms with Crippen molar-refractivity contribution >= 4 is 0 Å². The van der Waals surface area contributed by atoms with E-state index in [0.717, 1.165) is 12.8 Å². The second kappa shape index (κ2) is 12.4. The molecule has 0 heterocycles. The molecular weight excluding hydrogens is 503 g/mol. The Hall–Kier alpha value is -1.28. The number of halogens is 3. The molecule has 0 aliphatic heterocycles. The van der Waals surface area contributed by atoms with E-state index >= 15 is 0 Å². The Bertz CT molecular complexity index is 1030. The first-order chi connectivity index (χ1) is 14.4. The van der Waals surface area contributed by atoms with Crippen molar-refractivity contribution in [3.05, 3.63) is 129 Å². The molecule has 3 aromatic rings. The topological polar surface area (TPSA) is 0 Å².